The molecule has 0 heterocycles. The second-order valence-electron chi connectivity index (χ2n) is 16.1. The predicted molar refractivity (Wildman–Crippen MR) is 190 cm³/mol. The Kier molecular flexibility index (Phi) is 9.99. The van der Waals surface area contributed by atoms with Gasteiger partial charge in [-0.2, -0.15) is 0 Å². The smallest absolute Gasteiger partial charge is 0.316 e. The van der Waals surface area contributed by atoms with Gasteiger partial charge in [-0.15, -0.1) is 0 Å². The summed E-state index contributed by atoms with van der Waals surface area (Å²) >= 11 is 0. The minimum Gasteiger partial charge on any atom is -0.458 e. The Balaban J connectivity index is 1.57. The lowest BCUT2D eigenvalue weighted by Gasteiger charge is -2.63. The number of rotatable bonds is 8. The predicted octanol–water partition coefficient (Wildman–Crippen LogP) is 7.98. The van der Waals surface area contributed by atoms with Gasteiger partial charge in [-0.05, 0) is 116 Å². The lowest BCUT2D eigenvalue weighted by atomic mass is 9.44. The van der Waals surface area contributed by atoms with E-state index in [1.807, 2.05) is 78.0 Å². The lowest BCUT2D eigenvalue weighted by molar-refractivity contribution is -0.233. The van der Waals surface area contributed by atoms with E-state index < -0.39 is 69.7 Å². The van der Waals surface area contributed by atoms with Crippen LogP contribution in [0.1, 0.15) is 100 Å². The van der Waals surface area contributed by atoms with Crippen LogP contribution in [0.2, 0.25) is 0 Å². The van der Waals surface area contributed by atoms with Gasteiger partial charge in [0.1, 0.15) is 18.3 Å². The summed E-state index contributed by atoms with van der Waals surface area (Å²) in [6, 6.07) is 0. The van der Waals surface area contributed by atoms with Crippen molar-refractivity contribution in [2.45, 2.75) is 118 Å². The largest absolute Gasteiger partial charge is 0.458 e. The number of fused-ring (bicyclic) bond motifs is 5. The van der Waals surface area contributed by atoms with Crippen LogP contribution in [0.15, 0.2) is 82.5 Å². The molecule has 5 aliphatic carbocycles. The summed E-state index contributed by atoms with van der Waals surface area (Å²) < 4.78 is 25.2. The first-order chi connectivity index (χ1) is 22.9. The summed E-state index contributed by atoms with van der Waals surface area (Å²) in [6.45, 7) is 14.5. The lowest BCUT2D eigenvalue weighted by Crippen LogP contribution is -2.70. The van der Waals surface area contributed by atoms with Gasteiger partial charge in [0.25, 0.3) is 0 Å². The average Bonchev–Trinajstić information content (AvgIpc) is 3.26. The number of alkyl halides is 1. The van der Waals surface area contributed by atoms with E-state index in [4.69, 9.17) is 4.74 Å². The number of esters is 1. The van der Waals surface area contributed by atoms with Crippen molar-refractivity contribution in [3.63, 3.8) is 0 Å². The molecule has 7 heteroatoms. The van der Waals surface area contributed by atoms with Gasteiger partial charge in [-0.25, -0.2) is 4.39 Å². The van der Waals surface area contributed by atoms with Gasteiger partial charge >= 0.3 is 5.97 Å². The average molecular weight is 675 g/mol. The third-order valence-electron chi connectivity index (χ3n) is 13.4. The quantitative estimate of drug-likeness (QED) is 0.200. The van der Waals surface area contributed by atoms with E-state index >= 15 is 4.39 Å². The SMILES string of the molecule is CC=C(C)C=CC=C(C)C=CC1=C(C)CCCC1(C)C(=O)O[C@H]1C[C@@]2(C)[C@@H](CC(C)[C@]2(O)C(=O)CO)[C@@H]2CCC3=CC(=O)C=C[C@]3(C)[C@@]12F. The van der Waals surface area contributed by atoms with E-state index in [0.717, 1.165) is 35.1 Å². The molecular weight excluding hydrogens is 619 g/mol. The molecule has 0 saturated heterocycles. The number of ketones is 2. The zero-order valence-electron chi connectivity index (χ0n) is 30.6. The molecule has 0 bridgehead atoms. The molecule has 266 valence electrons. The molecule has 0 amide bonds. The van der Waals surface area contributed by atoms with Gasteiger partial charge in [0.05, 0.1) is 5.41 Å². The standard InChI is InChI=1S/C42H55FO6/c1-9-26(2)12-10-13-27(3)15-17-32-28(4)14-11-20-38(32,6)37(47)49-36-24-40(8)34(22-29(5)42(40,48)35(46)25-44)33-18-16-30-23-31(45)19-21-39(30,7)41(33,36)43/h9-10,12-13,15,17,19,21,23,29,33-34,36,44,48H,11,14,16,18,20,22,24-25H2,1-8H3/t29?,33-,34-,36-,38?,39-,40-,41-,42-/m0/s1. The number of carbonyl (C=O) groups is 3. The minimum atomic E-state index is -2.10. The molecule has 0 aromatic carbocycles. The highest BCUT2D eigenvalue weighted by Crippen LogP contribution is 2.71. The number of Topliss-reactive ketones (excluding diaryl/α,β-unsaturated/α-hetero) is 1. The number of aliphatic hydroxyl groups excluding tert-OH is 1. The highest BCUT2D eigenvalue weighted by Gasteiger charge is 2.76. The number of ether oxygens (including phenoxy) is 1. The summed E-state index contributed by atoms with van der Waals surface area (Å²) in [7, 11) is 0. The molecule has 9 atom stereocenters. The Morgan fingerprint density at radius 3 is 2.49 bits per heavy atom. The van der Waals surface area contributed by atoms with Gasteiger partial charge in [-0.1, -0.05) is 78.7 Å². The normalized spacial score (nSPS) is 41.1. The van der Waals surface area contributed by atoms with E-state index in [0.29, 0.717) is 31.3 Å². The van der Waals surface area contributed by atoms with Gasteiger partial charge in [0.2, 0.25) is 0 Å². The first-order valence-corrected chi connectivity index (χ1v) is 18.0. The number of hydrogen-bond acceptors (Lipinski definition) is 6. The first kappa shape index (κ1) is 37.1. The van der Waals surface area contributed by atoms with Crippen molar-refractivity contribution in [1.29, 1.82) is 0 Å². The van der Waals surface area contributed by atoms with Crippen LogP contribution in [0.4, 0.5) is 4.39 Å². The van der Waals surface area contributed by atoms with Crippen molar-refractivity contribution >= 4 is 17.5 Å². The van der Waals surface area contributed by atoms with Crippen LogP contribution in [0.5, 0.6) is 0 Å². The van der Waals surface area contributed by atoms with Crippen LogP contribution in [0.25, 0.3) is 0 Å². The highest BCUT2D eigenvalue weighted by atomic mass is 19.1. The number of halogens is 1. The first-order valence-electron chi connectivity index (χ1n) is 18.0. The monoisotopic (exact) mass is 674 g/mol. The number of hydrogen-bond donors (Lipinski definition) is 2. The maximum absolute atomic E-state index is 18.7. The molecule has 5 rings (SSSR count). The molecule has 5 aliphatic rings. The molecule has 2 N–H and O–H groups in total. The van der Waals surface area contributed by atoms with Crippen molar-refractivity contribution in [2.24, 2.45) is 34.0 Å². The molecule has 49 heavy (non-hydrogen) atoms. The number of aliphatic hydroxyl groups is 2. The van der Waals surface area contributed by atoms with Crippen LogP contribution < -0.4 is 0 Å². The minimum absolute atomic E-state index is 0.0859. The number of carbonyl (C=O) groups excluding carboxylic acids is 3. The summed E-state index contributed by atoms with van der Waals surface area (Å²) in [4.78, 5) is 40.5. The van der Waals surface area contributed by atoms with Crippen molar-refractivity contribution in [1.82, 2.24) is 0 Å². The van der Waals surface area contributed by atoms with Crippen LogP contribution in [0.3, 0.4) is 0 Å². The molecule has 0 aliphatic heterocycles. The zero-order valence-corrected chi connectivity index (χ0v) is 30.6. The van der Waals surface area contributed by atoms with Crippen LogP contribution in [-0.2, 0) is 19.1 Å². The van der Waals surface area contributed by atoms with Crippen molar-refractivity contribution in [3.8, 4) is 0 Å². The molecule has 2 unspecified atom stereocenters. The molecular formula is C42H55FO6. The molecule has 6 nitrogen and oxygen atoms in total. The topological polar surface area (TPSA) is 101 Å². The second-order valence-corrected chi connectivity index (χ2v) is 16.1. The molecule has 0 spiro atoms. The fourth-order valence-corrected chi connectivity index (χ4v) is 10.3. The van der Waals surface area contributed by atoms with Gasteiger partial charge in [0.15, 0.2) is 17.2 Å². The zero-order chi connectivity index (χ0) is 36.2. The Bertz CT molecular complexity index is 1620. The van der Waals surface area contributed by atoms with Crippen LogP contribution >= 0.6 is 0 Å². The van der Waals surface area contributed by atoms with E-state index in [-0.39, 0.29) is 12.2 Å². The Morgan fingerprint density at radius 1 is 1.10 bits per heavy atom. The maximum Gasteiger partial charge on any atom is 0.316 e. The highest BCUT2D eigenvalue weighted by molar-refractivity contribution is 6.01. The van der Waals surface area contributed by atoms with Crippen LogP contribution in [0, 0.1) is 34.0 Å². The molecule has 0 aromatic heterocycles. The van der Waals surface area contributed by atoms with Crippen molar-refractivity contribution in [2.75, 3.05) is 6.61 Å². The summed E-state index contributed by atoms with van der Waals surface area (Å²) in [5, 5.41) is 22.2. The van der Waals surface area contributed by atoms with E-state index in [2.05, 4.69) is 0 Å². The third-order valence-corrected chi connectivity index (χ3v) is 13.4. The molecule has 0 aromatic rings. The molecule has 0 radical (unpaired) electrons. The van der Waals surface area contributed by atoms with Gasteiger partial charge in [-0.3, -0.25) is 14.4 Å². The second kappa shape index (κ2) is 13.2. The Morgan fingerprint density at radius 2 is 1.82 bits per heavy atom. The maximum atomic E-state index is 18.7. The number of allylic oxidation sites excluding steroid dienone is 13. The van der Waals surface area contributed by atoms with Gasteiger partial charge < -0.3 is 14.9 Å². The van der Waals surface area contributed by atoms with E-state index in [1.165, 1.54) is 12.2 Å². The molecule has 3 fully saturated rings. The summed E-state index contributed by atoms with van der Waals surface area (Å²) in [5.41, 5.74) is -2.64. The van der Waals surface area contributed by atoms with Crippen molar-refractivity contribution in [3.05, 3.63) is 82.5 Å². The van der Waals surface area contributed by atoms with E-state index in [9.17, 15) is 24.6 Å². The fraction of sp³-hybridized carbons (Fsp3) is 0.595. The van der Waals surface area contributed by atoms with Crippen molar-refractivity contribution < 1.29 is 33.7 Å². The summed E-state index contributed by atoms with van der Waals surface area (Å²) in [6.07, 6.45) is 18.7. The van der Waals surface area contributed by atoms with Gasteiger partial charge in [0, 0.05) is 16.7 Å². The fourth-order valence-electron chi connectivity index (χ4n) is 10.3. The summed E-state index contributed by atoms with van der Waals surface area (Å²) in [5.74, 6) is -2.99. The Labute approximate surface area is 291 Å². The van der Waals surface area contributed by atoms with Crippen LogP contribution in [-0.4, -0.2) is 51.7 Å². The molecule has 3 saturated carbocycles. The van der Waals surface area contributed by atoms with E-state index in [1.54, 1.807) is 19.9 Å². The third kappa shape index (κ3) is 5.64. The Hall–Kier alpha value is -3.16.